The number of hydrogen-bond acceptors (Lipinski definition) is 0. The monoisotopic (exact) mass is 202 g/mol. The van der Waals surface area contributed by atoms with Crippen molar-refractivity contribution in [3.8, 4) is 11.1 Å². The van der Waals surface area contributed by atoms with Crippen LogP contribution in [0.3, 0.4) is 0 Å². The third-order valence-electron chi connectivity index (χ3n) is 3.31. The maximum atomic E-state index is 2.28. The zero-order valence-electron chi connectivity index (χ0n) is 8.77. The van der Waals surface area contributed by atoms with Crippen molar-refractivity contribution >= 4 is 11.6 Å². The molecule has 0 N–H and O–H groups in total. The first-order chi connectivity index (χ1) is 7.93. The summed E-state index contributed by atoms with van der Waals surface area (Å²) in [5.41, 5.74) is 8.20. The fraction of sp³-hybridized carbons (Fsp3) is 0. The van der Waals surface area contributed by atoms with E-state index in [9.17, 15) is 0 Å². The second-order valence-electron chi connectivity index (χ2n) is 4.29. The zero-order valence-corrected chi connectivity index (χ0v) is 8.77. The number of benzene rings is 2. The lowest BCUT2D eigenvalue weighted by Gasteiger charge is -2.08. The van der Waals surface area contributed by atoms with Gasteiger partial charge in [-0.25, -0.2) is 0 Å². The quantitative estimate of drug-likeness (QED) is 0.602. The van der Waals surface area contributed by atoms with Crippen molar-refractivity contribution in [2.24, 2.45) is 0 Å². The highest BCUT2D eigenvalue weighted by molar-refractivity contribution is 6.08. The van der Waals surface area contributed by atoms with Gasteiger partial charge in [-0.3, -0.25) is 0 Å². The van der Waals surface area contributed by atoms with Gasteiger partial charge in [-0.05, 0) is 45.6 Å². The molecule has 0 fully saturated rings. The Morgan fingerprint density at radius 1 is 0.562 bits per heavy atom. The molecule has 0 saturated carbocycles. The van der Waals surface area contributed by atoms with Gasteiger partial charge >= 0.3 is 0 Å². The smallest absolute Gasteiger partial charge is 0.00986 e. The van der Waals surface area contributed by atoms with E-state index in [0.717, 1.165) is 0 Å². The van der Waals surface area contributed by atoms with Gasteiger partial charge in [0.2, 0.25) is 0 Å². The van der Waals surface area contributed by atoms with E-state index in [1.807, 2.05) is 0 Å². The summed E-state index contributed by atoms with van der Waals surface area (Å²) in [7, 11) is 0. The van der Waals surface area contributed by atoms with E-state index in [1.165, 1.54) is 33.4 Å². The number of rotatable bonds is 0. The molecule has 0 aliphatic heterocycles. The summed E-state index contributed by atoms with van der Waals surface area (Å²) in [4.78, 5) is 0. The number of hydrogen-bond donors (Lipinski definition) is 0. The predicted molar refractivity (Wildman–Crippen MR) is 67.8 cm³/mol. The van der Waals surface area contributed by atoms with Crippen LogP contribution in [-0.2, 0) is 0 Å². The molecule has 16 heavy (non-hydrogen) atoms. The van der Waals surface area contributed by atoms with Crippen molar-refractivity contribution in [1.29, 1.82) is 0 Å². The molecular formula is C16H10. The summed E-state index contributed by atoms with van der Waals surface area (Å²) in [5.74, 6) is 0. The Labute approximate surface area is 94.6 Å². The average Bonchev–Trinajstić information content (AvgIpc) is 3.09. The minimum Gasteiger partial charge on any atom is -0.0616 e. The minimum absolute atomic E-state index is 1.33. The molecule has 0 nitrogen and oxygen atoms in total. The molecular weight excluding hydrogens is 192 g/mol. The molecule has 0 unspecified atom stereocenters. The van der Waals surface area contributed by atoms with Gasteiger partial charge < -0.3 is 0 Å². The molecule has 4 rings (SSSR count). The summed E-state index contributed by atoms with van der Waals surface area (Å²) in [6.45, 7) is 0. The Balaban J connectivity index is 2.13. The summed E-state index contributed by atoms with van der Waals surface area (Å²) in [6, 6.07) is 17.3. The second-order valence-corrected chi connectivity index (χ2v) is 4.29. The average molecular weight is 202 g/mol. The molecule has 0 radical (unpaired) electrons. The first-order valence-corrected chi connectivity index (χ1v) is 5.56. The number of allylic oxidation sites excluding steroid dienone is 3. The van der Waals surface area contributed by atoms with Crippen LogP contribution in [-0.4, -0.2) is 0 Å². The largest absolute Gasteiger partial charge is 0.0616 e. The third kappa shape index (κ3) is 0.989. The van der Waals surface area contributed by atoms with Crippen molar-refractivity contribution < 1.29 is 0 Å². The van der Waals surface area contributed by atoms with Crippen LogP contribution in [0.25, 0.3) is 22.8 Å². The summed E-state index contributed by atoms with van der Waals surface area (Å²) >= 11 is 0. The molecule has 0 heterocycles. The number of fused-ring (bicyclic) bond motifs is 5. The van der Waals surface area contributed by atoms with Crippen LogP contribution in [0.1, 0.15) is 11.1 Å². The van der Waals surface area contributed by atoms with E-state index in [0.29, 0.717) is 0 Å². The van der Waals surface area contributed by atoms with Crippen LogP contribution < -0.4 is 0 Å². The van der Waals surface area contributed by atoms with Gasteiger partial charge in [0.1, 0.15) is 0 Å². The highest BCUT2D eigenvalue weighted by Crippen LogP contribution is 2.47. The molecule has 2 aliphatic carbocycles. The van der Waals surface area contributed by atoms with E-state index < -0.39 is 0 Å². The summed E-state index contributed by atoms with van der Waals surface area (Å²) in [6.07, 6.45) is 4.54. The maximum Gasteiger partial charge on any atom is -0.00986 e. The van der Waals surface area contributed by atoms with Crippen molar-refractivity contribution in [3.05, 3.63) is 71.3 Å². The Bertz CT molecular complexity index is 657. The van der Waals surface area contributed by atoms with E-state index in [-0.39, 0.29) is 0 Å². The van der Waals surface area contributed by atoms with E-state index in [1.54, 1.807) is 0 Å². The van der Waals surface area contributed by atoms with Gasteiger partial charge in [0.05, 0.1) is 0 Å². The first-order valence-electron chi connectivity index (χ1n) is 5.56. The zero-order chi connectivity index (χ0) is 10.5. The normalized spacial score (nSPS) is 15.0. The van der Waals surface area contributed by atoms with Crippen molar-refractivity contribution in [2.45, 2.75) is 0 Å². The highest BCUT2D eigenvalue weighted by Gasteiger charge is 2.24. The third-order valence-corrected chi connectivity index (χ3v) is 3.31. The lowest BCUT2D eigenvalue weighted by atomic mass is 9.96. The fourth-order valence-electron chi connectivity index (χ4n) is 2.46. The van der Waals surface area contributed by atoms with E-state index in [2.05, 4.69) is 60.7 Å². The Morgan fingerprint density at radius 2 is 1.25 bits per heavy atom. The molecule has 0 aromatic heterocycles. The molecule has 2 aliphatic rings. The van der Waals surface area contributed by atoms with Crippen molar-refractivity contribution in [2.75, 3.05) is 0 Å². The lowest BCUT2D eigenvalue weighted by molar-refractivity contribution is 1.58. The highest BCUT2D eigenvalue weighted by atomic mass is 14.3. The van der Waals surface area contributed by atoms with Gasteiger partial charge in [-0.1, -0.05) is 48.5 Å². The van der Waals surface area contributed by atoms with Gasteiger partial charge in [0.15, 0.2) is 0 Å². The SMILES string of the molecule is C1=C2C=C2c2ccccc2-c2ccccc21. The van der Waals surface area contributed by atoms with Gasteiger partial charge in [0.25, 0.3) is 0 Å². The molecule has 0 atom stereocenters. The van der Waals surface area contributed by atoms with Crippen LogP contribution in [0.5, 0.6) is 0 Å². The predicted octanol–water partition coefficient (Wildman–Crippen LogP) is 4.15. The Kier molecular flexibility index (Phi) is 1.39. The van der Waals surface area contributed by atoms with Crippen LogP contribution >= 0.6 is 0 Å². The van der Waals surface area contributed by atoms with Crippen LogP contribution in [0.2, 0.25) is 0 Å². The summed E-state index contributed by atoms with van der Waals surface area (Å²) in [5, 5.41) is 0. The summed E-state index contributed by atoms with van der Waals surface area (Å²) < 4.78 is 0. The standard InChI is InChI=1S/C16H10/c1-2-6-13-11(5-1)9-12-10-16(12)15-8-4-3-7-14(13)15/h1-10H. The molecule has 74 valence electrons. The minimum atomic E-state index is 1.33. The topological polar surface area (TPSA) is 0 Å². The first kappa shape index (κ1) is 8.12. The van der Waals surface area contributed by atoms with Crippen LogP contribution in [0, 0.1) is 0 Å². The van der Waals surface area contributed by atoms with Crippen molar-refractivity contribution in [3.63, 3.8) is 0 Å². The molecule has 0 spiro atoms. The molecule has 0 heteroatoms. The molecule has 0 bridgehead atoms. The van der Waals surface area contributed by atoms with Crippen LogP contribution in [0.4, 0.5) is 0 Å². The Hall–Kier alpha value is -2.08. The van der Waals surface area contributed by atoms with Crippen LogP contribution in [0.15, 0.2) is 60.2 Å². The molecule has 2 aromatic rings. The van der Waals surface area contributed by atoms with Gasteiger partial charge in [-0.2, -0.15) is 0 Å². The maximum absolute atomic E-state index is 2.28. The Morgan fingerprint density at radius 3 is 2.12 bits per heavy atom. The van der Waals surface area contributed by atoms with Crippen molar-refractivity contribution in [1.82, 2.24) is 0 Å². The second kappa shape index (κ2) is 2.73. The van der Waals surface area contributed by atoms with E-state index in [4.69, 9.17) is 0 Å². The molecule has 2 aromatic carbocycles. The fourth-order valence-corrected chi connectivity index (χ4v) is 2.46. The van der Waals surface area contributed by atoms with Gasteiger partial charge in [0, 0.05) is 0 Å². The lowest BCUT2D eigenvalue weighted by Crippen LogP contribution is -1.85. The van der Waals surface area contributed by atoms with Gasteiger partial charge in [-0.15, -0.1) is 0 Å². The molecule has 0 amide bonds. The molecule has 0 saturated heterocycles. The van der Waals surface area contributed by atoms with E-state index >= 15 is 0 Å².